The van der Waals surface area contributed by atoms with Gasteiger partial charge in [0.1, 0.15) is 36.6 Å². The molecule has 26 nitrogen and oxygen atoms in total. The quantitative estimate of drug-likeness (QED) is 0.106. The van der Waals surface area contributed by atoms with Crippen molar-refractivity contribution >= 4 is 39.1 Å². The fraction of sp³-hybridized carbons (Fsp3) is 1.00. The predicted molar refractivity (Wildman–Crippen MR) is 107 cm³/mol. The van der Waals surface area contributed by atoms with Crippen LogP contribution in [-0.4, -0.2) is 141 Å². The lowest BCUT2D eigenvalue weighted by molar-refractivity contribution is -0.223. The molecule has 0 radical (unpaired) electrons. The number of hydrogen-bond donors (Lipinski definition) is 21. The second-order valence-electron chi connectivity index (χ2n) is 5.51. The molecule has 21 N–H and O–H groups in total. The fourth-order valence-corrected chi connectivity index (χ4v) is 1.21. The SMILES string of the molecule is O=P(O)(O)O.O=P(O)(O)O.O=P(O)(O)O.O=P(O)(O)O.O=P(O)(O)O.OC1C(O)C(O)C(O)C(O)C1O. The van der Waals surface area contributed by atoms with Crippen LogP contribution in [0.5, 0.6) is 0 Å². The van der Waals surface area contributed by atoms with Gasteiger partial charge >= 0.3 is 39.1 Å². The van der Waals surface area contributed by atoms with Crippen LogP contribution in [0.25, 0.3) is 0 Å². The maximum Gasteiger partial charge on any atom is 0.466 e. The van der Waals surface area contributed by atoms with E-state index in [-0.39, 0.29) is 0 Å². The summed E-state index contributed by atoms with van der Waals surface area (Å²) >= 11 is 0. The number of aliphatic hydroxyl groups is 6. The summed E-state index contributed by atoms with van der Waals surface area (Å²) in [6.45, 7) is 0. The second-order valence-corrected chi connectivity index (χ2v) is 10.6. The van der Waals surface area contributed by atoms with Gasteiger partial charge in [-0.2, -0.15) is 0 Å². The molecule has 0 unspecified atom stereocenters. The minimum absolute atomic E-state index is 1.64. The van der Waals surface area contributed by atoms with Crippen molar-refractivity contribution in [1.29, 1.82) is 0 Å². The molecular formula is C6H27O26P5. The molecule has 0 amide bonds. The molecular weight excluding hydrogens is 643 g/mol. The van der Waals surface area contributed by atoms with Crippen molar-refractivity contribution in [2.24, 2.45) is 0 Å². The highest BCUT2D eigenvalue weighted by molar-refractivity contribution is 7.46. The smallest absolute Gasteiger partial charge is 0.387 e. The third-order valence-corrected chi connectivity index (χ3v) is 2.10. The average molecular weight is 670 g/mol. The van der Waals surface area contributed by atoms with Gasteiger partial charge < -0.3 is 104 Å². The summed E-state index contributed by atoms with van der Waals surface area (Å²) in [6.07, 6.45) is -9.84. The highest BCUT2D eigenvalue weighted by atomic mass is 31.2. The Bertz CT molecular complexity index is 595. The molecule has 0 atom stereocenters. The van der Waals surface area contributed by atoms with Crippen molar-refractivity contribution in [2.45, 2.75) is 36.6 Å². The zero-order valence-corrected chi connectivity index (χ0v) is 21.6. The molecule has 31 heteroatoms. The third-order valence-electron chi connectivity index (χ3n) is 2.10. The van der Waals surface area contributed by atoms with Crippen LogP contribution in [0.1, 0.15) is 0 Å². The zero-order chi connectivity index (χ0) is 32.0. The summed E-state index contributed by atoms with van der Waals surface area (Å²) in [5.74, 6) is 0. The van der Waals surface area contributed by atoms with Crippen LogP contribution in [0.3, 0.4) is 0 Å². The van der Waals surface area contributed by atoms with Gasteiger partial charge in [-0.05, 0) is 0 Å². The van der Waals surface area contributed by atoms with Gasteiger partial charge in [-0.25, -0.2) is 22.8 Å². The van der Waals surface area contributed by atoms with Gasteiger partial charge in [0, 0.05) is 0 Å². The molecule has 0 aromatic rings. The van der Waals surface area contributed by atoms with Crippen LogP contribution >= 0.6 is 39.1 Å². The van der Waals surface area contributed by atoms with Crippen LogP contribution in [0, 0.1) is 0 Å². The molecule has 0 heterocycles. The monoisotopic (exact) mass is 670 g/mol. The molecule has 1 saturated carbocycles. The summed E-state index contributed by atoms with van der Waals surface area (Å²) in [6, 6.07) is 0. The van der Waals surface area contributed by atoms with Gasteiger partial charge in [-0.1, -0.05) is 0 Å². The lowest BCUT2D eigenvalue weighted by Gasteiger charge is -2.39. The van der Waals surface area contributed by atoms with Crippen molar-refractivity contribution in [3.8, 4) is 0 Å². The largest absolute Gasteiger partial charge is 0.466 e. The van der Waals surface area contributed by atoms with Crippen molar-refractivity contribution in [2.75, 3.05) is 0 Å². The predicted octanol–water partition coefficient (Wildman–Crippen LogP) is -8.48. The minimum Gasteiger partial charge on any atom is -0.387 e. The van der Waals surface area contributed by atoms with Gasteiger partial charge in [0.15, 0.2) is 0 Å². The summed E-state index contributed by atoms with van der Waals surface area (Å²) in [4.78, 5) is 108. The standard InChI is InChI=1S/C6H12O6.5H3O4P/c7-1-2(8)4(10)6(12)5(11)3(1)9;5*1-5(2,3)4/h1-12H;5*(H3,1,2,3,4). The first kappa shape index (κ1) is 47.1. The molecule has 37 heavy (non-hydrogen) atoms. The first-order valence-corrected chi connectivity index (χ1v) is 15.3. The Kier molecular flexibility index (Phi) is 24.7. The maximum absolute atomic E-state index is 8.97. The molecule has 0 spiro atoms. The van der Waals surface area contributed by atoms with Gasteiger partial charge in [-0.15, -0.1) is 0 Å². The van der Waals surface area contributed by atoms with Crippen LogP contribution in [0.15, 0.2) is 0 Å². The highest BCUT2D eigenvalue weighted by Crippen LogP contribution is 2.27. The van der Waals surface area contributed by atoms with Gasteiger partial charge in [0.25, 0.3) is 0 Å². The van der Waals surface area contributed by atoms with E-state index in [1.165, 1.54) is 0 Å². The third kappa shape index (κ3) is 72.3. The second kappa shape index (κ2) is 19.4. The van der Waals surface area contributed by atoms with Gasteiger partial charge in [0.2, 0.25) is 0 Å². The van der Waals surface area contributed by atoms with Crippen molar-refractivity contribution in [3.63, 3.8) is 0 Å². The number of hydrogen-bond acceptors (Lipinski definition) is 11. The maximum atomic E-state index is 8.97. The van der Waals surface area contributed by atoms with E-state index in [0.717, 1.165) is 0 Å². The molecule has 0 bridgehead atoms. The molecule has 1 aliphatic carbocycles. The van der Waals surface area contributed by atoms with E-state index in [1.54, 1.807) is 0 Å². The van der Waals surface area contributed by atoms with Gasteiger partial charge in [-0.3, -0.25) is 0 Å². The lowest BCUT2D eigenvalue weighted by Crippen LogP contribution is -2.63. The normalized spacial score (nSPS) is 26.0. The zero-order valence-electron chi connectivity index (χ0n) is 17.1. The molecule has 232 valence electrons. The Hall–Kier alpha value is 0.310. The summed E-state index contributed by atoms with van der Waals surface area (Å²) < 4.78 is 44.4. The molecule has 0 saturated heterocycles. The van der Waals surface area contributed by atoms with Crippen LogP contribution in [0.4, 0.5) is 0 Å². The van der Waals surface area contributed by atoms with E-state index in [4.69, 9.17) is 127 Å². The van der Waals surface area contributed by atoms with E-state index in [0.29, 0.717) is 0 Å². The Morgan fingerprint density at radius 2 is 0.270 bits per heavy atom. The number of rotatable bonds is 0. The topological polar surface area (TPSA) is 510 Å². The van der Waals surface area contributed by atoms with E-state index in [9.17, 15) is 0 Å². The molecule has 0 aromatic heterocycles. The van der Waals surface area contributed by atoms with Gasteiger partial charge in [0.05, 0.1) is 0 Å². The Balaban J connectivity index is -0.000000118. The summed E-state index contributed by atoms with van der Waals surface area (Å²) in [5, 5.41) is 53.8. The molecule has 1 rings (SSSR count). The number of aliphatic hydroxyl groups excluding tert-OH is 6. The molecule has 1 fully saturated rings. The minimum atomic E-state index is -4.64. The molecule has 0 aliphatic heterocycles. The van der Waals surface area contributed by atoms with Crippen molar-refractivity contribution < 1.29 is 127 Å². The molecule has 1 aliphatic rings. The van der Waals surface area contributed by atoms with Crippen LogP contribution in [-0.2, 0) is 22.8 Å². The van der Waals surface area contributed by atoms with Crippen molar-refractivity contribution in [3.05, 3.63) is 0 Å². The van der Waals surface area contributed by atoms with E-state index >= 15 is 0 Å². The van der Waals surface area contributed by atoms with Crippen LogP contribution < -0.4 is 0 Å². The fourth-order valence-electron chi connectivity index (χ4n) is 1.21. The Morgan fingerprint density at radius 1 is 0.243 bits per heavy atom. The number of phosphoric acid groups is 5. The van der Waals surface area contributed by atoms with E-state index in [2.05, 4.69) is 0 Å². The van der Waals surface area contributed by atoms with Crippen molar-refractivity contribution in [1.82, 2.24) is 0 Å². The first-order valence-electron chi connectivity index (χ1n) is 7.46. The van der Waals surface area contributed by atoms with E-state index < -0.39 is 75.7 Å². The van der Waals surface area contributed by atoms with E-state index in [1.807, 2.05) is 0 Å². The lowest BCUT2D eigenvalue weighted by atomic mass is 9.85. The Labute approximate surface area is 203 Å². The summed E-state index contributed by atoms with van der Waals surface area (Å²) in [5.41, 5.74) is 0. The highest BCUT2D eigenvalue weighted by Gasteiger charge is 2.47. The average Bonchev–Trinajstić information content (AvgIpc) is 2.49. The van der Waals surface area contributed by atoms with Crippen LogP contribution in [0.2, 0.25) is 0 Å². The first-order chi connectivity index (χ1) is 15.5. The summed E-state index contributed by atoms with van der Waals surface area (Å²) in [7, 11) is -23.2. The molecule has 0 aromatic carbocycles. The Morgan fingerprint density at radius 3 is 0.297 bits per heavy atom.